The molecule has 0 aliphatic heterocycles. The van der Waals surface area contributed by atoms with Gasteiger partial charge in [-0.1, -0.05) is 10.4 Å². The molecule has 13 heavy (non-hydrogen) atoms. The van der Waals surface area contributed by atoms with Crippen LogP contribution in [0.3, 0.4) is 0 Å². The quantitative estimate of drug-likeness (QED) is 0.404. The molecular formula is C7H13N5O. The molecule has 0 spiro atoms. The summed E-state index contributed by atoms with van der Waals surface area (Å²) in [4.78, 5) is 4.51. The van der Waals surface area contributed by atoms with Crippen LogP contribution in [0.4, 0.5) is 5.82 Å². The van der Waals surface area contributed by atoms with Crippen molar-refractivity contribution < 1.29 is 4.84 Å². The van der Waals surface area contributed by atoms with Crippen molar-refractivity contribution in [2.45, 2.75) is 19.4 Å². The highest BCUT2D eigenvalue weighted by Crippen LogP contribution is 1.95. The van der Waals surface area contributed by atoms with Crippen molar-refractivity contribution in [2.24, 2.45) is 5.16 Å². The minimum absolute atomic E-state index is 0.450. The summed E-state index contributed by atoms with van der Waals surface area (Å²) >= 11 is 0. The molecule has 1 aromatic rings. The highest BCUT2D eigenvalue weighted by molar-refractivity contribution is 5.55. The van der Waals surface area contributed by atoms with Gasteiger partial charge in [-0.05, 0) is 12.8 Å². The third-order valence-corrected chi connectivity index (χ3v) is 1.46. The lowest BCUT2D eigenvalue weighted by Crippen LogP contribution is -1.98. The Labute approximate surface area is 76.4 Å². The average molecular weight is 183 g/mol. The molecule has 72 valence electrons. The summed E-state index contributed by atoms with van der Waals surface area (Å²) in [5.41, 5.74) is 5.39. The molecule has 6 nitrogen and oxygen atoms in total. The first-order valence-electron chi connectivity index (χ1n) is 4.03. The summed E-state index contributed by atoms with van der Waals surface area (Å²) in [5, 5.41) is 11.1. The van der Waals surface area contributed by atoms with Gasteiger partial charge >= 0.3 is 0 Å². The molecule has 1 heterocycles. The largest absolute Gasteiger partial charge is 0.399 e. The first kappa shape index (κ1) is 9.50. The van der Waals surface area contributed by atoms with Gasteiger partial charge in [-0.3, -0.25) is 4.68 Å². The first-order valence-corrected chi connectivity index (χ1v) is 4.03. The molecule has 0 aliphatic carbocycles. The molecule has 0 aliphatic rings. The van der Waals surface area contributed by atoms with E-state index in [0.717, 1.165) is 19.4 Å². The minimum atomic E-state index is 0.450. The fraction of sp³-hybridized carbons (Fsp3) is 0.571. The Kier molecular flexibility index (Phi) is 3.74. The van der Waals surface area contributed by atoms with Crippen LogP contribution >= 0.6 is 0 Å². The highest BCUT2D eigenvalue weighted by atomic mass is 16.6. The molecule has 0 fully saturated rings. The van der Waals surface area contributed by atoms with Crippen LogP contribution in [0.5, 0.6) is 0 Å². The lowest BCUT2D eigenvalue weighted by Gasteiger charge is -1.95. The Morgan fingerprint density at radius 3 is 3.23 bits per heavy atom. The Bertz CT molecular complexity index is 270. The van der Waals surface area contributed by atoms with E-state index in [0.29, 0.717) is 5.82 Å². The van der Waals surface area contributed by atoms with Crippen LogP contribution in [0.1, 0.15) is 12.8 Å². The maximum absolute atomic E-state index is 5.39. The average Bonchev–Trinajstić information content (AvgIpc) is 2.51. The fourth-order valence-electron chi connectivity index (χ4n) is 0.894. The van der Waals surface area contributed by atoms with E-state index in [1.807, 2.05) is 0 Å². The van der Waals surface area contributed by atoms with Gasteiger partial charge in [0.2, 0.25) is 0 Å². The Balaban J connectivity index is 2.16. The fourth-order valence-corrected chi connectivity index (χ4v) is 0.894. The number of nitrogens with two attached hydrogens (primary N) is 1. The van der Waals surface area contributed by atoms with Crippen LogP contribution in [-0.4, -0.2) is 28.3 Å². The van der Waals surface area contributed by atoms with Gasteiger partial charge in [0, 0.05) is 12.8 Å². The smallest absolute Gasteiger partial charge is 0.165 e. The standard InChI is InChI=1S/C7H13N5O/c1-13-9-4-2-3-5-12-6-7(8)10-11-12/h4,6H,2-3,5,8H2,1H3/b9-4+. The molecule has 0 amide bonds. The van der Waals surface area contributed by atoms with Gasteiger partial charge in [0.15, 0.2) is 5.82 Å². The molecule has 2 N–H and O–H groups in total. The van der Waals surface area contributed by atoms with Crippen molar-refractivity contribution >= 4 is 12.0 Å². The minimum Gasteiger partial charge on any atom is -0.399 e. The molecule has 0 atom stereocenters. The van der Waals surface area contributed by atoms with Crippen LogP contribution in [0.15, 0.2) is 11.4 Å². The second kappa shape index (κ2) is 5.13. The van der Waals surface area contributed by atoms with Crippen molar-refractivity contribution in [1.82, 2.24) is 15.0 Å². The number of nitrogen functional groups attached to an aromatic ring is 1. The van der Waals surface area contributed by atoms with Crippen molar-refractivity contribution in [3.63, 3.8) is 0 Å². The second-order valence-corrected chi connectivity index (χ2v) is 2.52. The lowest BCUT2D eigenvalue weighted by molar-refractivity contribution is 0.214. The molecule has 0 saturated carbocycles. The van der Waals surface area contributed by atoms with E-state index in [-0.39, 0.29) is 0 Å². The maximum atomic E-state index is 5.39. The van der Waals surface area contributed by atoms with Crippen LogP contribution in [0.2, 0.25) is 0 Å². The number of aryl methyl sites for hydroxylation is 1. The van der Waals surface area contributed by atoms with Gasteiger partial charge in [0.05, 0.1) is 6.20 Å². The van der Waals surface area contributed by atoms with Crippen LogP contribution in [-0.2, 0) is 11.4 Å². The third kappa shape index (κ3) is 3.55. The molecule has 0 bridgehead atoms. The van der Waals surface area contributed by atoms with Gasteiger partial charge in [0.1, 0.15) is 7.11 Å². The summed E-state index contributed by atoms with van der Waals surface area (Å²) < 4.78 is 1.70. The summed E-state index contributed by atoms with van der Waals surface area (Å²) in [6.07, 6.45) is 5.22. The Hall–Kier alpha value is -1.59. The number of unbranched alkanes of at least 4 members (excludes halogenated alkanes) is 1. The van der Waals surface area contributed by atoms with Crippen LogP contribution in [0, 0.1) is 0 Å². The zero-order chi connectivity index (χ0) is 9.52. The summed E-state index contributed by atoms with van der Waals surface area (Å²) in [5.74, 6) is 0.450. The number of aromatic nitrogens is 3. The molecule has 6 heteroatoms. The van der Waals surface area contributed by atoms with Crippen molar-refractivity contribution in [1.29, 1.82) is 0 Å². The van der Waals surface area contributed by atoms with E-state index in [1.165, 1.54) is 7.11 Å². The van der Waals surface area contributed by atoms with Crippen molar-refractivity contribution in [3.8, 4) is 0 Å². The lowest BCUT2D eigenvalue weighted by atomic mass is 10.3. The zero-order valence-corrected chi connectivity index (χ0v) is 7.55. The number of oxime groups is 1. The maximum Gasteiger partial charge on any atom is 0.165 e. The van der Waals surface area contributed by atoms with E-state index >= 15 is 0 Å². The molecule has 0 aromatic carbocycles. The summed E-state index contributed by atoms with van der Waals surface area (Å²) in [7, 11) is 1.52. The van der Waals surface area contributed by atoms with E-state index < -0.39 is 0 Å². The third-order valence-electron chi connectivity index (χ3n) is 1.46. The Morgan fingerprint density at radius 2 is 2.62 bits per heavy atom. The van der Waals surface area contributed by atoms with E-state index in [1.54, 1.807) is 17.1 Å². The van der Waals surface area contributed by atoms with Gasteiger partial charge in [-0.25, -0.2) is 0 Å². The van der Waals surface area contributed by atoms with Gasteiger partial charge in [-0.2, -0.15) is 0 Å². The molecule has 0 radical (unpaired) electrons. The zero-order valence-electron chi connectivity index (χ0n) is 7.55. The number of nitrogens with zero attached hydrogens (tertiary/aromatic N) is 4. The van der Waals surface area contributed by atoms with Crippen molar-refractivity contribution in [2.75, 3.05) is 12.8 Å². The molecule has 1 rings (SSSR count). The number of hydrogen-bond acceptors (Lipinski definition) is 5. The highest BCUT2D eigenvalue weighted by Gasteiger charge is 1.94. The van der Waals surface area contributed by atoms with E-state index in [2.05, 4.69) is 20.3 Å². The molecule has 0 saturated heterocycles. The van der Waals surface area contributed by atoms with Gasteiger partial charge in [0.25, 0.3) is 0 Å². The molecule has 0 unspecified atom stereocenters. The molecular weight excluding hydrogens is 170 g/mol. The van der Waals surface area contributed by atoms with Gasteiger partial charge in [-0.15, -0.1) is 5.10 Å². The number of rotatable bonds is 5. The summed E-state index contributed by atoms with van der Waals surface area (Å²) in [6, 6.07) is 0. The molecule has 1 aromatic heterocycles. The summed E-state index contributed by atoms with van der Waals surface area (Å²) in [6.45, 7) is 0.792. The van der Waals surface area contributed by atoms with Crippen LogP contribution < -0.4 is 5.73 Å². The monoisotopic (exact) mass is 183 g/mol. The number of hydrogen-bond donors (Lipinski definition) is 1. The Morgan fingerprint density at radius 1 is 1.77 bits per heavy atom. The van der Waals surface area contributed by atoms with E-state index in [4.69, 9.17) is 5.73 Å². The topological polar surface area (TPSA) is 78.3 Å². The van der Waals surface area contributed by atoms with Gasteiger partial charge < -0.3 is 10.6 Å². The normalized spacial score (nSPS) is 10.8. The van der Waals surface area contributed by atoms with Crippen LogP contribution in [0.25, 0.3) is 0 Å². The van der Waals surface area contributed by atoms with E-state index in [9.17, 15) is 0 Å². The SMILES string of the molecule is CO/N=C/CCCn1cc(N)nn1. The second-order valence-electron chi connectivity index (χ2n) is 2.52. The van der Waals surface area contributed by atoms with Crippen molar-refractivity contribution in [3.05, 3.63) is 6.20 Å². The first-order chi connectivity index (χ1) is 6.33. The predicted molar refractivity (Wildman–Crippen MR) is 49.2 cm³/mol. The predicted octanol–water partition coefficient (Wildman–Crippen LogP) is 0.273. The number of anilines is 1.